The van der Waals surface area contributed by atoms with E-state index in [9.17, 15) is 0 Å². The van der Waals surface area contributed by atoms with Crippen molar-refractivity contribution in [2.75, 3.05) is 26.7 Å². The van der Waals surface area contributed by atoms with Gasteiger partial charge in [0, 0.05) is 37.1 Å². The van der Waals surface area contributed by atoms with Gasteiger partial charge in [-0.05, 0) is 50.3 Å². The minimum Gasteiger partial charge on any atom is -0.497 e. The van der Waals surface area contributed by atoms with E-state index in [1.54, 1.807) is 18.4 Å². The zero-order valence-corrected chi connectivity index (χ0v) is 20.5. The summed E-state index contributed by atoms with van der Waals surface area (Å²) in [5.74, 6) is 2.28. The first-order valence-electron chi connectivity index (χ1n) is 9.69. The van der Waals surface area contributed by atoms with Crippen molar-refractivity contribution in [3.8, 4) is 5.75 Å². The average molecular weight is 516 g/mol. The van der Waals surface area contributed by atoms with Gasteiger partial charge in [-0.2, -0.15) is 0 Å². The third-order valence-electron chi connectivity index (χ3n) is 4.38. The quantitative estimate of drug-likeness (QED) is 0.207. The van der Waals surface area contributed by atoms with Crippen LogP contribution in [0.5, 0.6) is 5.75 Å². The van der Waals surface area contributed by atoms with Crippen LogP contribution in [0.25, 0.3) is 0 Å². The highest BCUT2D eigenvalue weighted by atomic mass is 127. The Morgan fingerprint density at radius 2 is 2.00 bits per heavy atom. The minimum absolute atomic E-state index is 0. The van der Waals surface area contributed by atoms with E-state index in [2.05, 4.69) is 52.0 Å². The molecule has 0 amide bonds. The van der Waals surface area contributed by atoms with Gasteiger partial charge in [-0.3, -0.25) is 4.99 Å². The van der Waals surface area contributed by atoms with Crippen LogP contribution in [0, 0.1) is 6.92 Å². The topological polar surface area (TPSA) is 58.5 Å². The van der Waals surface area contributed by atoms with Crippen molar-refractivity contribution in [3.05, 3.63) is 45.9 Å². The van der Waals surface area contributed by atoms with E-state index in [-0.39, 0.29) is 24.0 Å². The molecule has 0 fully saturated rings. The fourth-order valence-electron chi connectivity index (χ4n) is 2.79. The Morgan fingerprint density at radius 1 is 1.25 bits per heavy atom. The number of methoxy groups -OCH3 is 1. The van der Waals surface area contributed by atoms with Crippen molar-refractivity contribution in [1.29, 1.82) is 0 Å². The molecule has 0 aliphatic rings. The number of rotatable bonds is 10. The fourth-order valence-corrected chi connectivity index (χ4v) is 3.60. The normalized spacial score (nSPS) is 12.2. The van der Waals surface area contributed by atoms with Crippen molar-refractivity contribution >= 4 is 41.3 Å². The van der Waals surface area contributed by atoms with Crippen LogP contribution in [-0.2, 0) is 6.42 Å². The molecule has 7 heteroatoms. The van der Waals surface area contributed by atoms with Gasteiger partial charge in [0.05, 0.1) is 12.1 Å². The zero-order chi connectivity index (χ0) is 19.5. The van der Waals surface area contributed by atoms with Crippen LogP contribution in [0.1, 0.15) is 48.9 Å². The van der Waals surface area contributed by atoms with E-state index in [1.807, 2.05) is 19.1 Å². The predicted octanol–water partition coefficient (Wildman–Crippen LogP) is 4.76. The standard InChI is InChI=1S/C21H32N4OS.HI/c1-5-22-21(23-13-6-7-20-25-17(3)15-27-20)24-14-12-16(2)18-8-10-19(26-4)11-9-18;/h8-11,15-16H,5-7,12-14H2,1-4H3,(H2,22,23,24);1H. The van der Waals surface area contributed by atoms with Crippen molar-refractivity contribution < 1.29 is 4.74 Å². The zero-order valence-electron chi connectivity index (χ0n) is 17.3. The van der Waals surface area contributed by atoms with Crippen molar-refractivity contribution in [2.45, 2.75) is 46.0 Å². The largest absolute Gasteiger partial charge is 0.497 e. The minimum atomic E-state index is 0. The second-order valence-corrected chi connectivity index (χ2v) is 7.58. The van der Waals surface area contributed by atoms with Gasteiger partial charge in [-0.1, -0.05) is 19.1 Å². The highest BCUT2D eigenvalue weighted by Gasteiger charge is 2.06. The molecule has 5 nitrogen and oxygen atoms in total. The molecule has 0 aliphatic carbocycles. The number of hydrogen-bond donors (Lipinski definition) is 2. The van der Waals surface area contributed by atoms with Gasteiger partial charge in [-0.25, -0.2) is 4.98 Å². The number of nitrogens with zero attached hydrogens (tertiary/aromatic N) is 2. The molecule has 0 bridgehead atoms. The van der Waals surface area contributed by atoms with Crippen molar-refractivity contribution in [3.63, 3.8) is 0 Å². The van der Waals surface area contributed by atoms with Gasteiger partial charge >= 0.3 is 0 Å². The second kappa shape index (κ2) is 13.8. The van der Waals surface area contributed by atoms with E-state index >= 15 is 0 Å². The highest BCUT2D eigenvalue weighted by molar-refractivity contribution is 14.0. The molecule has 1 aromatic heterocycles. The Morgan fingerprint density at radius 3 is 2.61 bits per heavy atom. The summed E-state index contributed by atoms with van der Waals surface area (Å²) in [6.07, 6.45) is 3.07. The number of thiazole rings is 1. The number of aliphatic imine (C=N–C) groups is 1. The monoisotopic (exact) mass is 516 g/mol. The highest BCUT2D eigenvalue weighted by Crippen LogP contribution is 2.21. The predicted molar refractivity (Wildman–Crippen MR) is 131 cm³/mol. The van der Waals surface area contributed by atoms with E-state index in [0.29, 0.717) is 5.92 Å². The molecular weight excluding hydrogens is 483 g/mol. The van der Waals surface area contributed by atoms with E-state index < -0.39 is 0 Å². The molecule has 1 heterocycles. The molecule has 156 valence electrons. The third-order valence-corrected chi connectivity index (χ3v) is 5.41. The number of nitrogens with one attached hydrogen (secondary N) is 2. The van der Waals surface area contributed by atoms with Crippen molar-refractivity contribution in [2.24, 2.45) is 4.99 Å². The Hall–Kier alpha value is -1.35. The molecule has 0 saturated heterocycles. The molecule has 1 atom stereocenters. The molecule has 2 rings (SSSR count). The molecule has 0 radical (unpaired) electrons. The van der Waals surface area contributed by atoms with Crippen LogP contribution in [-0.4, -0.2) is 37.7 Å². The number of hydrogen-bond acceptors (Lipinski definition) is 4. The molecule has 28 heavy (non-hydrogen) atoms. The van der Waals surface area contributed by atoms with Gasteiger partial charge in [0.25, 0.3) is 0 Å². The van der Waals surface area contributed by atoms with Crippen LogP contribution >= 0.6 is 35.3 Å². The lowest BCUT2D eigenvalue weighted by atomic mass is 9.98. The molecule has 2 N–H and O–H groups in total. The van der Waals surface area contributed by atoms with Crippen LogP contribution in [0.4, 0.5) is 0 Å². The maximum absolute atomic E-state index is 5.22. The van der Waals surface area contributed by atoms with E-state index in [1.165, 1.54) is 10.6 Å². The first kappa shape index (κ1) is 24.7. The smallest absolute Gasteiger partial charge is 0.191 e. The van der Waals surface area contributed by atoms with Crippen LogP contribution < -0.4 is 15.4 Å². The number of ether oxygens (including phenoxy) is 1. The Labute approximate surface area is 190 Å². The molecule has 0 aliphatic heterocycles. The SMILES string of the molecule is CCNC(=NCCCc1nc(C)cs1)NCCC(C)c1ccc(OC)cc1.I. The summed E-state index contributed by atoms with van der Waals surface area (Å²) in [6.45, 7) is 8.95. The lowest BCUT2D eigenvalue weighted by Gasteiger charge is -2.15. The van der Waals surface area contributed by atoms with Crippen LogP contribution in [0.2, 0.25) is 0 Å². The maximum Gasteiger partial charge on any atom is 0.191 e. The Kier molecular flexibility index (Phi) is 12.1. The summed E-state index contributed by atoms with van der Waals surface area (Å²) >= 11 is 1.74. The molecule has 1 aromatic carbocycles. The summed E-state index contributed by atoms with van der Waals surface area (Å²) in [4.78, 5) is 9.19. The molecule has 0 saturated carbocycles. The second-order valence-electron chi connectivity index (χ2n) is 6.64. The Bertz CT molecular complexity index is 703. The Balaban J connectivity index is 0.00000392. The maximum atomic E-state index is 5.22. The van der Waals surface area contributed by atoms with Crippen molar-refractivity contribution in [1.82, 2.24) is 15.6 Å². The fraction of sp³-hybridized carbons (Fsp3) is 0.524. The first-order valence-corrected chi connectivity index (χ1v) is 10.6. The number of aromatic nitrogens is 1. The summed E-state index contributed by atoms with van der Waals surface area (Å²) in [5, 5.41) is 10.1. The third kappa shape index (κ3) is 8.77. The average Bonchev–Trinajstić information content (AvgIpc) is 3.10. The summed E-state index contributed by atoms with van der Waals surface area (Å²) in [7, 11) is 1.70. The number of aryl methyl sites for hydroxylation is 2. The summed E-state index contributed by atoms with van der Waals surface area (Å²) < 4.78 is 5.22. The van der Waals surface area contributed by atoms with Crippen LogP contribution in [0.3, 0.4) is 0 Å². The number of guanidine groups is 1. The van der Waals surface area contributed by atoms with E-state index in [0.717, 1.165) is 56.3 Å². The summed E-state index contributed by atoms with van der Waals surface area (Å²) in [5.41, 5.74) is 2.44. The van der Waals surface area contributed by atoms with Crippen LogP contribution in [0.15, 0.2) is 34.6 Å². The summed E-state index contributed by atoms with van der Waals surface area (Å²) in [6, 6.07) is 8.33. The van der Waals surface area contributed by atoms with Gasteiger partial charge < -0.3 is 15.4 Å². The van der Waals surface area contributed by atoms with E-state index in [4.69, 9.17) is 4.74 Å². The molecular formula is C21H33IN4OS. The van der Waals surface area contributed by atoms with Gasteiger partial charge in [0.15, 0.2) is 5.96 Å². The molecule has 2 aromatic rings. The molecule has 1 unspecified atom stereocenters. The first-order chi connectivity index (χ1) is 13.1. The molecule has 0 spiro atoms. The lowest BCUT2D eigenvalue weighted by molar-refractivity contribution is 0.414. The number of halogens is 1. The van der Waals surface area contributed by atoms with Gasteiger partial charge in [0.2, 0.25) is 0 Å². The van der Waals surface area contributed by atoms with Gasteiger partial charge in [-0.15, -0.1) is 35.3 Å². The van der Waals surface area contributed by atoms with Gasteiger partial charge in [0.1, 0.15) is 5.75 Å². The lowest BCUT2D eigenvalue weighted by Crippen LogP contribution is -2.38. The number of benzene rings is 1.